The van der Waals surface area contributed by atoms with E-state index in [1.165, 1.54) is 0 Å². The van der Waals surface area contributed by atoms with Gasteiger partial charge in [0, 0.05) is 0 Å². The molecule has 2 rings (SSSR count). The number of nitriles is 1. The van der Waals surface area contributed by atoms with Crippen molar-refractivity contribution < 1.29 is 14.3 Å². The normalized spacial score (nSPS) is 11.2. The lowest BCUT2D eigenvalue weighted by Gasteiger charge is -2.10. The minimum absolute atomic E-state index is 0.0112. The monoisotopic (exact) mass is 321 g/mol. The Morgan fingerprint density at radius 1 is 1.12 bits per heavy atom. The van der Waals surface area contributed by atoms with E-state index in [9.17, 15) is 10.1 Å². The highest BCUT2D eigenvalue weighted by molar-refractivity contribution is 6.01. The molecule has 0 amide bonds. The summed E-state index contributed by atoms with van der Waals surface area (Å²) >= 11 is 0. The molecule has 24 heavy (non-hydrogen) atoms. The van der Waals surface area contributed by atoms with Crippen LogP contribution in [0.3, 0.4) is 0 Å². The summed E-state index contributed by atoms with van der Waals surface area (Å²) in [4.78, 5) is 11.9. The summed E-state index contributed by atoms with van der Waals surface area (Å²) in [7, 11) is 0. The van der Waals surface area contributed by atoms with Crippen molar-refractivity contribution in [2.75, 3.05) is 6.61 Å². The quantitative estimate of drug-likeness (QED) is 0.456. The van der Waals surface area contributed by atoms with E-state index in [-0.39, 0.29) is 12.2 Å². The molecule has 0 aliphatic heterocycles. The van der Waals surface area contributed by atoms with Crippen LogP contribution >= 0.6 is 0 Å². The second-order valence-electron chi connectivity index (χ2n) is 5.13. The van der Waals surface area contributed by atoms with Crippen molar-refractivity contribution in [3.8, 4) is 11.8 Å². The van der Waals surface area contributed by atoms with Gasteiger partial charge in [0.1, 0.15) is 24.0 Å². The molecule has 4 heteroatoms. The molecule has 0 bridgehead atoms. The van der Waals surface area contributed by atoms with Crippen LogP contribution in [0.15, 0.2) is 60.2 Å². The van der Waals surface area contributed by atoms with Crippen LogP contribution in [0.2, 0.25) is 0 Å². The maximum atomic E-state index is 11.9. The third kappa shape index (κ3) is 4.47. The van der Waals surface area contributed by atoms with Crippen LogP contribution in [-0.4, -0.2) is 12.6 Å². The minimum Gasteiger partial charge on any atom is -0.489 e. The van der Waals surface area contributed by atoms with Crippen molar-refractivity contribution in [3.63, 3.8) is 0 Å². The average Bonchev–Trinajstić information content (AvgIpc) is 2.62. The average molecular weight is 321 g/mol. The van der Waals surface area contributed by atoms with Crippen molar-refractivity contribution in [1.29, 1.82) is 5.26 Å². The van der Waals surface area contributed by atoms with Crippen LogP contribution in [0.5, 0.6) is 5.75 Å². The number of nitrogens with zero attached hydrogens (tertiary/aromatic N) is 1. The Morgan fingerprint density at radius 2 is 1.88 bits per heavy atom. The lowest BCUT2D eigenvalue weighted by Crippen LogP contribution is -2.08. The van der Waals surface area contributed by atoms with Crippen molar-refractivity contribution >= 4 is 11.5 Å². The highest BCUT2D eigenvalue weighted by Gasteiger charge is 2.15. The van der Waals surface area contributed by atoms with Gasteiger partial charge in [-0.2, -0.15) is 5.26 Å². The Bertz CT molecular complexity index is 773. The molecular formula is C20H19NO3. The molecule has 122 valence electrons. The topological polar surface area (TPSA) is 59.3 Å². The van der Waals surface area contributed by atoms with E-state index >= 15 is 0 Å². The Morgan fingerprint density at radius 3 is 2.54 bits per heavy atom. The van der Waals surface area contributed by atoms with E-state index in [0.29, 0.717) is 17.9 Å². The number of carbonyl (C=O) groups excluding carboxylic acids is 1. The van der Waals surface area contributed by atoms with Gasteiger partial charge in [-0.3, -0.25) is 0 Å². The number of esters is 1. The number of ether oxygens (including phenoxy) is 2. The molecule has 0 heterocycles. The summed E-state index contributed by atoms with van der Waals surface area (Å²) in [5.41, 5.74) is 2.41. The fraction of sp³-hybridized carbons (Fsp3) is 0.200. The molecular weight excluding hydrogens is 302 g/mol. The van der Waals surface area contributed by atoms with Gasteiger partial charge in [-0.15, -0.1) is 0 Å². The van der Waals surface area contributed by atoms with Gasteiger partial charge in [0.25, 0.3) is 0 Å². The lowest BCUT2D eigenvalue weighted by atomic mass is 10.0. The summed E-state index contributed by atoms with van der Waals surface area (Å²) in [5, 5.41) is 9.24. The van der Waals surface area contributed by atoms with Crippen LogP contribution in [0.1, 0.15) is 25.0 Å². The SMILES string of the molecule is CCOC(=O)C(C#N)=C(C)c1cccc(OCc2ccccc2)c1. The molecule has 0 radical (unpaired) electrons. The highest BCUT2D eigenvalue weighted by Crippen LogP contribution is 2.23. The first-order chi connectivity index (χ1) is 11.7. The molecule has 2 aromatic carbocycles. The molecule has 0 saturated carbocycles. The third-order valence-electron chi connectivity index (χ3n) is 3.48. The Kier molecular flexibility index (Phi) is 6.16. The summed E-state index contributed by atoms with van der Waals surface area (Å²) in [5.74, 6) is 0.0740. The third-order valence-corrected chi connectivity index (χ3v) is 3.48. The van der Waals surface area contributed by atoms with Crippen LogP contribution in [0.25, 0.3) is 5.57 Å². The number of hydrogen-bond acceptors (Lipinski definition) is 4. The summed E-state index contributed by atoms with van der Waals surface area (Å²) in [6.07, 6.45) is 0. The Labute approximate surface area is 141 Å². The molecule has 0 aliphatic rings. The second-order valence-corrected chi connectivity index (χ2v) is 5.13. The highest BCUT2D eigenvalue weighted by atomic mass is 16.5. The number of rotatable bonds is 6. The van der Waals surface area contributed by atoms with Gasteiger partial charge >= 0.3 is 5.97 Å². The fourth-order valence-corrected chi connectivity index (χ4v) is 2.19. The maximum absolute atomic E-state index is 11.9. The first-order valence-electron chi connectivity index (χ1n) is 7.71. The van der Waals surface area contributed by atoms with E-state index in [1.807, 2.05) is 60.7 Å². The summed E-state index contributed by atoms with van der Waals surface area (Å²) < 4.78 is 10.7. The van der Waals surface area contributed by atoms with Crippen molar-refractivity contribution in [2.45, 2.75) is 20.5 Å². The van der Waals surface area contributed by atoms with Gasteiger partial charge in [0.2, 0.25) is 0 Å². The minimum atomic E-state index is -0.604. The predicted octanol–water partition coefficient (Wildman–Crippen LogP) is 4.13. The number of hydrogen-bond donors (Lipinski definition) is 0. The Hall–Kier alpha value is -3.06. The van der Waals surface area contributed by atoms with Crippen molar-refractivity contribution in [2.24, 2.45) is 0 Å². The van der Waals surface area contributed by atoms with Crippen molar-refractivity contribution in [3.05, 3.63) is 71.3 Å². The molecule has 4 nitrogen and oxygen atoms in total. The smallest absolute Gasteiger partial charge is 0.349 e. The fourth-order valence-electron chi connectivity index (χ4n) is 2.19. The van der Waals surface area contributed by atoms with Crippen LogP contribution in [0, 0.1) is 11.3 Å². The molecule has 0 aromatic heterocycles. The predicted molar refractivity (Wildman–Crippen MR) is 92.1 cm³/mol. The molecule has 0 unspecified atom stereocenters. The zero-order chi connectivity index (χ0) is 17.4. The van der Waals surface area contributed by atoms with Gasteiger partial charge in [0.15, 0.2) is 0 Å². The molecule has 0 aliphatic carbocycles. The van der Waals surface area contributed by atoms with Gasteiger partial charge < -0.3 is 9.47 Å². The van der Waals surface area contributed by atoms with Crippen LogP contribution < -0.4 is 4.74 Å². The largest absolute Gasteiger partial charge is 0.489 e. The zero-order valence-corrected chi connectivity index (χ0v) is 13.8. The van der Waals surface area contributed by atoms with Gasteiger partial charge in [0.05, 0.1) is 6.61 Å². The van der Waals surface area contributed by atoms with Crippen LogP contribution in [0.4, 0.5) is 0 Å². The summed E-state index contributed by atoms with van der Waals surface area (Å²) in [6.45, 7) is 4.12. The van der Waals surface area contributed by atoms with Gasteiger partial charge in [-0.1, -0.05) is 42.5 Å². The van der Waals surface area contributed by atoms with Gasteiger partial charge in [-0.25, -0.2) is 4.79 Å². The van der Waals surface area contributed by atoms with E-state index in [2.05, 4.69) is 0 Å². The van der Waals surface area contributed by atoms with Crippen molar-refractivity contribution in [1.82, 2.24) is 0 Å². The number of benzene rings is 2. The summed E-state index contributed by atoms with van der Waals surface area (Å²) in [6, 6.07) is 19.1. The Balaban J connectivity index is 2.20. The lowest BCUT2D eigenvalue weighted by molar-refractivity contribution is -0.137. The molecule has 0 spiro atoms. The van der Waals surface area contributed by atoms with Gasteiger partial charge in [-0.05, 0) is 42.7 Å². The van der Waals surface area contributed by atoms with E-state index in [4.69, 9.17) is 9.47 Å². The standard InChI is InChI=1S/C20H19NO3/c1-3-23-20(22)19(13-21)15(2)17-10-7-11-18(12-17)24-14-16-8-5-4-6-9-16/h4-12H,3,14H2,1-2H3. The number of carbonyl (C=O) groups is 1. The molecule has 2 aromatic rings. The van der Waals surface area contributed by atoms with E-state index < -0.39 is 5.97 Å². The van der Waals surface area contributed by atoms with Crippen LogP contribution in [-0.2, 0) is 16.1 Å². The molecule has 0 atom stereocenters. The molecule has 0 fully saturated rings. The first kappa shape index (κ1) is 17.3. The number of allylic oxidation sites excluding steroid dienone is 1. The van der Waals surface area contributed by atoms with E-state index in [0.717, 1.165) is 11.1 Å². The second kappa shape index (κ2) is 8.54. The zero-order valence-electron chi connectivity index (χ0n) is 13.8. The first-order valence-corrected chi connectivity index (χ1v) is 7.71. The van der Waals surface area contributed by atoms with E-state index in [1.54, 1.807) is 13.8 Å². The maximum Gasteiger partial charge on any atom is 0.349 e. The molecule has 0 N–H and O–H groups in total. The molecule has 0 saturated heterocycles.